The molecule has 0 aliphatic carbocycles. The Morgan fingerprint density at radius 2 is 1.88 bits per heavy atom. The molecule has 4 nitrogen and oxygen atoms in total. The van der Waals surface area contributed by atoms with Gasteiger partial charge in [-0.1, -0.05) is 23.7 Å². The zero-order valence-electron chi connectivity index (χ0n) is 9.57. The minimum atomic E-state index is -1.95. The molecule has 0 saturated heterocycles. The predicted octanol–water partition coefficient (Wildman–Crippen LogP) is 1.68. The monoisotopic (exact) mass is 256 g/mol. The standard InChI is InChI=1S/C12H13ClO4/c1-8(14)7-12(16,11(15)17-2)9-3-5-10(13)6-4-9/h3-6,16H,7H2,1-2H3/t12-/m1/s1. The number of benzene rings is 1. The number of carbonyl (C=O) groups excluding carboxylic acids is 2. The van der Waals surface area contributed by atoms with Gasteiger partial charge in [-0.05, 0) is 24.6 Å². The number of carbonyl (C=O) groups is 2. The summed E-state index contributed by atoms with van der Waals surface area (Å²) in [5.41, 5.74) is -1.67. The van der Waals surface area contributed by atoms with Crippen molar-refractivity contribution in [2.24, 2.45) is 0 Å². The van der Waals surface area contributed by atoms with Gasteiger partial charge in [-0.2, -0.15) is 0 Å². The van der Waals surface area contributed by atoms with Gasteiger partial charge < -0.3 is 9.84 Å². The van der Waals surface area contributed by atoms with E-state index in [2.05, 4.69) is 4.74 Å². The number of methoxy groups -OCH3 is 1. The first-order valence-corrected chi connectivity index (χ1v) is 5.34. The molecule has 0 aromatic heterocycles. The van der Waals surface area contributed by atoms with Crippen LogP contribution in [0.5, 0.6) is 0 Å². The van der Waals surface area contributed by atoms with Gasteiger partial charge in [0.2, 0.25) is 0 Å². The van der Waals surface area contributed by atoms with E-state index in [4.69, 9.17) is 11.6 Å². The van der Waals surface area contributed by atoms with E-state index in [-0.39, 0.29) is 17.8 Å². The van der Waals surface area contributed by atoms with E-state index in [0.717, 1.165) is 7.11 Å². The molecular formula is C12H13ClO4. The zero-order valence-corrected chi connectivity index (χ0v) is 10.3. The molecule has 1 N–H and O–H groups in total. The minimum absolute atomic E-state index is 0.281. The van der Waals surface area contributed by atoms with Crippen molar-refractivity contribution in [2.45, 2.75) is 18.9 Å². The van der Waals surface area contributed by atoms with E-state index in [0.29, 0.717) is 5.02 Å². The Morgan fingerprint density at radius 1 is 1.35 bits per heavy atom. The molecule has 1 atom stereocenters. The molecule has 0 fully saturated rings. The minimum Gasteiger partial charge on any atom is -0.467 e. The van der Waals surface area contributed by atoms with Gasteiger partial charge >= 0.3 is 5.97 Å². The van der Waals surface area contributed by atoms with Crippen LogP contribution >= 0.6 is 11.6 Å². The summed E-state index contributed by atoms with van der Waals surface area (Å²) in [4.78, 5) is 22.7. The predicted molar refractivity (Wildman–Crippen MR) is 62.7 cm³/mol. The van der Waals surface area contributed by atoms with Crippen molar-refractivity contribution in [3.63, 3.8) is 0 Å². The fourth-order valence-corrected chi connectivity index (χ4v) is 1.67. The Morgan fingerprint density at radius 3 is 2.29 bits per heavy atom. The van der Waals surface area contributed by atoms with E-state index in [9.17, 15) is 14.7 Å². The molecule has 0 aliphatic rings. The van der Waals surface area contributed by atoms with Gasteiger partial charge in [-0.25, -0.2) is 4.79 Å². The number of ketones is 1. The summed E-state index contributed by atoms with van der Waals surface area (Å²) >= 11 is 5.72. The van der Waals surface area contributed by atoms with Gasteiger partial charge in [0, 0.05) is 11.4 Å². The summed E-state index contributed by atoms with van der Waals surface area (Å²) in [6.07, 6.45) is -0.332. The van der Waals surface area contributed by atoms with Crippen LogP contribution in [0.1, 0.15) is 18.9 Å². The van der Waals surface area contributed by atoms with Crippen LogP contribution < -0.4 is 0 Å². The summed E-state index contributed by atoms with van der Waals surface area (Å²) in [5, 5.41) is 10.7. The number of aliphatic hydroxyl groups is 1. The lowest BCUT2D eigenvalue weighted by Gasteiger charge is -2.24. The van der Waals surface area contributed by atoms with Gasteiger partial charge in [-0.3, -0.25) is 4.79 Å². The largest absolute Gasteiger partial charge is 0.467 e. The molecule has 0 amide bonds. The molecule has 0 aliphatic heterocycles. The van der Waals surface area contributed by atoms with E-state index in [1.54, 1.807) is 0 Å². The highest BCUT2D eigenvalue weighted by Gasteiger charge is 2.40. The number of hydrogen-bond donors (Lipinski definition) is 1. The van der Waals surface area contributed by atoms with Gasteiger partial charge in [0.05, 0.1) is 7.11 Å². The van der Waals surface area contributed by atoms with Crippen LogP contribution in [0.3, 0.4) is 0 Å². The fourth-order valence-electron chi connectivity index (χ4n) is 1.55. The van der Waals surface area contributed by atoms with Crippen molar-refractivity contribution in [1.82, 2.24) is 0 Å². The summed E-state index contributed by atoms with van der Waals surface area (Å²) in [7, 11) is 1.16. The van der Waals surface area contributed by atoms with Crippen LogP contribution in [-0.2, 0) is 19.9 Å². The van der Waals surface area contributed by atoms with Crippen LogP contribution in [0, 0.1) is 0 Å². The highest BCUT2D eigenvalue weighted by Crippen LogP contribution is 2.28. The van der Waals surface area contributed by atoms with Crippen molar-refractivity contribution in [2.75, 3.05) is 7.11 Å². The molecule has 92 valence electrons. The van der Waals surface area contributed by atoms with Crippen LogP contribution in [0.15, 0.2) is 24.3 Å². The highest BCUT2D eigenvalue weighted by atomic mass is 35.5. The maximum absolute atomic E-state index is 11.6. The van der Waals surface area contributed by atoms with Crippen molar-refractivity contribution < 1.29 is 19.4 Å². The average molecular weight is 257 g/mol. The number of halogens is 1. The third kappa shape index (κ3) is 3.05. The quantitative estimate of drug-likeness (QED) is 0.833. The molecule has 1 rings (SSSR count). The SMILES string of the molecule is COC(=O)[C@@](O)(CC(C)=O)c1ccc(Cl)cc1. The molecule has 0 bridgehead atoms. The molecule has 0 heterocycles. The molecule has 1 aromatic rings. The first kappa shape index (κ1) is 13.7. The normalized spacial score (nSPS) is 13.9. The number of hydrogen-bond acceptors (Lipinski definition) is 4. The van der Waals surface area contributed by atoms with Crippen LogP contribution in [0.2, 0.25) is 5.02 Å². The maximum Gasteiger partial charge on any atom is 0.343 e. The van der Waals surface area contributed by atoms with E-state index < -0.39 is 11.6 Å². The lowest BCUT2D eigenvalue weighted by Crippen LogP contribution is -2.38. The smallest absolute Gasteiger partial charge is 0.343 e. The molecule has 5 heteroatoms. The van der Waals surface area contributed by atoms with Crippen LogP contribution in [0.25, 0.3) is 0 Å². The number of ether oxygens (including phenoxy) is 1. The lowest BCUT2D eigenvalue weighted by molar-refractivity contribution is -0.166. The van der Waals surface area contributed by atoms with Crippen LogP contribution in [0.4, 0.5) is 0 Å². The summed E-state index contributed by atoms with van der Waals surface area (Å²) in [5.74, 6) is -1.18. The Labute approximate surface area is 104 Å². The van der Waals surface area contributed by atoms with E-state index >= 15 is 0 Å². The fraction of sp³-hybridized carbons (Fsp3) is 0.333. The molecular weight excluding hydrogens is 244 g/mol. The third-order valence-corrected chi connectivity index (χ3v) is 2.60. The van der Waals surface area contributed by atoms with Crippen molar-refractivity contribution in [3.8, 4) is 0 Å². The Hall–Kier alpha value is -1.39. The first-order chi connectivity index (χ1) is 7.90. The van der Waals surface area contributed by atoms with Gasteiger partial charge in [0.1, 0.15) is 5.78 Å². The second-order valence-electron chi connectivity index (χ2n) is 3.74. The van der Waals surface area contributed by atoms with E-state index in [1.165, 1.54) is 31.2 Å². The van der Waals surface area contributed by atoms with Gasteiger partial charge in [-0.15, -0.1) is 0 Å². The van der Waals surface area contributed by atoms with Gasteiger partial charge in [0.25, 0.3) is 0 Å². The second kappa shape index (κ2) is 5.29. The molecule has 0 saturated carbocycles. The second-order valence-corrected chi connectivity index (χ2v) is 4.17. The zero-order chi connectivity index (χ0) is 13.1. The number of rotatable bonds is 4. The Bertz CT molecular complexity index is 427. The highest BCUT2D eigenvalue weighted by molar-refractivity contribution is 6.30. The Kier molecular flexibility index (Phi) is 4.26. The Balaban J connectivity index is 3.18. The number of Topliss-reactive ketones (excluding diaryl/α,β-unsaturated/α-hetero) is 1. The van der Waals surface area contributed by atoms with E-state index in [1.807, 2.05) is 0 Å². The topological polar surface area (TPSA) is 63.6 Å². The first-order valence-electron chi connectivity index (χ1n) is 4.96. The van der Waals surface area contributed by atoms with Crippen molar-refractivity contribution >= 4 is 23.4 Å². The van der Waals surface area contributed by atoms with Gasteiger partial charge in [0.15, 0.2) is 5.60 Å². The summed E-state index contributed by atoms with van der Waals surface area (Å²) < 4.78 is 4.53. The molecule has 0 radical (unpaired) electrons. The maximum atomic E-state index is 11.6. The number of esters is 1. The molecule has 17 heavy (non-hydrogen) atoms. The molecule has 0 spiro atoms. The van der Waals surface area contributed by atoms with Crippen molar-refractivity contribution in [3.05, 3.63) is 34.9 Å². The average Bonchev–Trinajstić information content (AvgIpc) is 2.27. The summed E-state index contributed by atoms with van der Waals surface area (Å²) in [6, 6.07) is 6.04. The molecule has 1 aromatic carbocycles. The third-order valence-electron chi connectivity index (χ3n) is 2.35. The van der Waals surface area contributed by atoms with Crippen LogP contribution in [-0.4, -0.2) is 24.0 Å². The summed E-state index contributed by atoms with van der Waals surface area (Å²) in [6.45, 7) is 1.30. The molecule has 0 unspecified atom stereocenters. The van der Waals surface area contributed by atoms with Crippen molar-refractivity contribution in [1.29, 1.82) is 0 Å². The lowest BCUT2D eigenvalue weighted by atomic mass is 9.89.